The standard InChI is InChI=1S/C31H37Cl2N5O4S2/c1-19(34-29(41)42-31(2,3)4)28(40)36-23-7-5-6-21(15-23)26-17-43-30(37-26)44-18-27(39)35-22-10-12-38(13-11-22)16-20-8-9-24(32)25(33)14-20/h5-9,14-15,17,19,22H,10-13,16,18H2,1-4H3,(H,34,41)(H,35,39)(H,36,40)/t19-/m1/s1. The minimum Gasteiger partial charge on any atom is -0.444 e. The lowest BCUT2D eigenvalue weighted by atomic mass is 10.0. The number of hydrogen-bond donors (Lipinski definition) is 3. The number of rotatable bonds is 10. The van der Waals surface area contributed by atoms with Gasteiger partial charge in [0.1, 0.15) is 11.6 Å². The second-order valence-corrected chi connectivity index (χ2v) is 14.5. The third-order valence-corrected chi connectivity index (χ3v) is 9.47. The topological polar surface area (TPSA) is 113 Å². The third kappa shape index (κ3) is 10.7. The van der Waals surface area contributed by atoms with Crippen molar-refractivity contribution < 1.29 is 19.1 Å². The Kier molecular flexibility index (Phi) is 12.0. The van der Waals surface area contributed by atoms with Gasteiger partial charge in [0.05, 0.1) is 21.5 Å². The van der Waals surface area contributed by atoms with Crippen LogP contribution in [0.15, 0.2) is 52.2 Å². The molecule has 3 N–H and O–H groups in total. The smallest absolute Gasteiger partial charge is 0.408 e. The van der Waals surface area contributed by atoms with E-state index in [0.29, 0.717) is 15.7 Å². The van der Waals surface area contributed by atoms with Crippen LogP contribution in [0.4, 0.5) is 10.5 Å². The van der Waals surface area contributed by atoms with Gasteiger partial charge in [-0.05, 0) is 70.4 Å². The van der Waals surface area contributed by atoms with E-state index in [4.69, 9.17) is 27.9 Å². The van der Waals surface area contributed by atoms with Crippen LogP contribution in [0.3, 0.4) is 0 Å². The van der Waals surface area contributed by atoms with Gasteiger partial charge in [-0.1, -0.05) is 53.2 Å². The molecule has 1 aromatic heterocycles. The number of alkyl carbamates (subject to hydrolysis) is 1. The molecule has 0 radical (unpaired) electrons. The minimum absolute atomic E-state index is 0.00602. The number of hydrogen-bond acceptors (Lipinski definition) is 8. The van der Waals surface area contributed by atoms with Crippen LogP contribution in [0.1, 0.15) is 46.1 Å². The number of carbonyl (C=O) groups excluding carboxylic acids is 3. The molecule has 0 unspecified atom stereocenters. The Morgan fingerprint density at radius 2 is 1.86 bits per heavy atom. The highest BCUT2D eigenvalue weighted by Gasteiger charge is 2.23. The molecular formula is C31H37Cl2N5O4S2. The van der Waals surface area contributed by atoms with Crippen LogP contribution < -0.4 is 16.0 Å². The molecular weight excluding hydrogens is 641 g/mol. The van der Waals surface area contributed by atoms with E-state index in [1.165, 1.54) is 23.1 Å². The summed E-state index contributed by atoms with van der Waals surface area (Å²) in [5.74, 6) is -0.0890. The summed E-state index contributed by atoms with van der Waals surface area (Å²) in [5, 5.41) is 11.6. The number of anilines is 1. The zero-order chi connectivity index (χ0) is 31.9. The van der Waals surface area contributed by atoms with E-state index in [0.717, 1.165) is 53.6 Å². The highest BCUT2D eigenvalue weighted by Crippen LogP contribution is 2.30. The molecule has 0 aliphatic carbocycles. The summed E-state index contributed by atoms with van der Waals surface area (Å²) in [5.41, 5.74) is 2.63. The number of carbonyl (C=O) groups is 3. The van der Waals surface area contributed by atoms with Crippen molar-refractivity contribution >= 4 is 69.9 Å². The predicted octanol–water partition coefficient (Wildman–Crippen LogP) is 6.84. The van der Waals surface area contributed by atoms with Gasteiger partial charge < -0.3 is 20.7 Å². The Labute approximate surface area is 276 Å². The van der Waals surface area contributed by atoms with E-state index < -0.39 is 17.7 Å². The first-order valence-electron chi connectivity index (χ1n) is 14.3. The molecule has 44 heavy (non-hydrogen) atoms. The van der Waals surface area contributed by atoms with Gasteiger partial charge in [-0.15, -0.1) is 11.3 Å². The SMILES string of the molecule is C[C@@H](NC(=O)OC(C)(C)C)C(=O)Nc1cccc(-c2csc(SCC(=O)NC3CCN(Cc4ccc(Cl)c(Cl)c4)CC3)n2)c1. The number of nitrogens with zero attached hydrogens (tertiary/aromatic N) is 2. The van der Waals surface area contributed by atoms with Crippen molar-refractivity contribution in [2.45, 2.75) is 69.1 Å². The number of benzene rings is 2. The predicted molar refractivity (Wildman–Crippen MR) is 179 cm³/mol. The third-order valence-electron chi connectivity index (χ3n) is 6.71. The maximum atomic E-state index is 12.7. The molecule has 1 saturated heterocycles. The van der Waals surface area contributed by atoms with Crippen LogP contribution in [0.2, 0.25) is 10.0 Å². The molecule has 4 rings (SSSR count). The van der Waals surface area contributed by atoms with Gasteiger partial charge in [0.2, 0.25) is 11.8 Å². The number of aromatic nitrogens is 1. The summed E-state index contributed by atoms with van der Waals surface area (Å²) in [6.45, 7) is 9.46. The summed E-state index contributed by atoms with van der Waals surface area (Å²) < 4.78 is 6.00. The maximum absolute atomic E-state index is 12.7. The average Bonchev–Trinajstić information content (AvgIpc) is 3.43. The van der Waals surface area contributed by atoms with Crippen molar-refractivity contribution in [1.82, 2.24) is 20.5 Å². The van der Waals surface area contributed by atoms with Crippen molar-refractivity contribution in [3.63, 3.8) is 0 Å². The zero-order valence-electron chi connectivity index (χ0n) is 25.1. The van der Waals surface area contributed by atoms with E-state index in [9.17, 15) is 14.4 Å². The first kappa shape index (κ1) is 34.1. The van der Waals surface area contributed by atoms with Crippen molar-refractivity contribution in [3.8, 4) is 11.3 Å². The quantitative estimate of drug-likeness (QED) is 0.201. The van der Waals surface area contributed by atoms with E-state index in [2.05, 4.69) is 25.8 Å². The van der Waals surface area contributed by atoms with E-state index in [1.807, 2.05) is 41.8 Å². The van der Waals surface area contributed by atoms with Gasteiger partial charge in [0, 0.05) is 42.3 Å². The molecule has 0 saturated carbocycles. The molecule has 3 amide bonds. The van der Waals surface area contributed by atoms with Gasteiger partial charge in [-0.3, -0.25) is 14.5 Å². The molecule has 1 aliphatic heterocycles. The second-order valence-electron chi connectivity index (χ2n) is 11.6. The van der Waals surface area contributed by atoms with E-state index in [-0.39, 0.29) is 23.6 Å². The van der Waals surface area contributed by atoms with Crippen LogP contribution in [0.25, 0.3) is 11.3 Å². The summed E-state index contributed by atoms with van der Waals surface area (Å²) in [7, 11) is 0. The van der Waals surface area contributed by atoms with Crippen LogP contribution in [0, 0.1) is 0 Å². The van der Waals surface area contributed by atoms with Crippen molar-refractivity contribution in [2.75, 3.05) is 24.2 Å². The Hall–Kier alpha value is -2.83. The normalized spacial score (nSPS) is 15.0. The summed E-state index contributed by atoms with van der Waals surface area (Å²) >= 11 is 15.0. The van der Waals surface area contributed by atoms with Gasteiger partial charge in [-0.25, -0.2) is 9.78 Å². The Bertz CT molecular complexity index is 1470. The van der Waals surface area contributed by atoms with Gasteiger partial charge >= 0.3 is 6.09 Å². The number of thiazole rings is 1. The Morgan fingerprint density at radius 1 is 1.11 bits per heavy atom. The number of ether oxygens (including phenoxy) is 1. The number of likely N-dealkylation sites (tertiary alicyclic amines) is 1. The molecule has 9 nitrogen and oxygen atoms in total. The monoisotopic (exact) mass is 677 g/mol. The number of thioether (sulfide) groups is 1. The number of piperidine rings is 1. The Morgan fingerprint density at radius 3 is 2.57 bits per heavy atom. The molecule has 3 aromatic rings. The molecule has 1 atom stereocenters. The van der Waals surface area contributed by atoms with Crippen molar-refractivity contribution in [2.24, 2.45) is 0 Å². The molecule has 0 bridgehead atoms. The van der Waals surface area contributed by atoms with Crippen molar-refractivity contribution in [3.05, 3.63) is 63.5 Å². The van der Waals surface area contributed by atoms with E-state index in [1.54, 1.807) is 33.8 Å². The van der Waals surface area contributed by atoms with Crippen LogP contribution in [-0.2, 0) is 20.9 Å². The zero-order valence-corrected chi connectivity index (χ0v) is 28.3. The van der Waals surface area contributed by atoms with Crippen LogP contribution in [0.5, 0.6) is 0 Å². The summed E-state index contributed by atoms with van der Waals surface area (Å²) in [4.78, 5) is 44.3. The fourth-order valence-corrected chi connectivity index (χ4v) is 6.51. The first-order chi connectivity index (χ1) is 20.8. The van der Waals surface area contributed by atoms with Gasteiger partial charge in [0.15, 0.2) is 4.34 Å². The number of nitrogens with one attached hydrogen (secondary N) is 3. The molecule has 1 aliphatic rings. The molecule has 236 valence electrons. The van der Waals surface area contributed by atoms with Gasteiger partial charge in [0.25, 0.3) is 0 Å². The van der Waals surface area contributed by atoms with E-state index >= 15 is 0 Å². The molecule has 0 spiro atoms. The van der Waals surface area contributed by atoms with Crippen LogP contribution >= 0.6 is 46.3 Å². The summed E-state index contributed by atoms with van der Waals surface area (Å²) in [6, 6.07) is 12.4. The Balaban J connectivity index is 1.20. The minimum atomic E-state index is -0.788. The second kappa shape index (κ2) is 15.4. The lowest BCUT2D eigenvalue weighted by Crippen LogP contribution is -2.44. The van der Waals surface area contributed by atoms with Crippen LogP contribution in [-0.4, -0.2) is 64.3 Å². The lowest BCUT2D eigenvalue weighted by molar-refractivity contribution is -0.119. The largest absolute Gasteiger partial charge is 0.444 e. The van der Waals surface area contributed by atoms with Crippen molar-refractivity contribution in [1.29, 1.82) is 0 Å². The molecule has 2 aromatic carbocycles. The average molecular weight is 679 g/mol. The molecule has 13 heteroatoms. The highest BCUT2D eigenvalue weighted by atomic mass is 35.5. The fourth-order valence-electron chi connectivity index (χ4n) is 4.54. The molecule has 2 heterocycles. The number of halogens is 2. The fraction of sp³-hybridized carbons (Fsp3) is 0.419. The summed E-state index contributed by atoms with van der Waals surface area (Å²) in [6.07, 6.45) is 1.13. The van der Waals surface area contributed by atoms with Gasteiger partial charge in [-0.2, -0.15) is 0 Å². The highest BCUT2D eigenvalue weighted by molar-refractivity contribution is 8.01. The lowest BCUT2D eigenvalue weighted by Gasteiger charge is -2.32. The first-order valence-corrected chi connectivity index (χ1v) is 16.9. The molecule has 1 fully saturated rings. The number of amides is 3. The maximum Gasteiger partial charge on any atom is 0.408 e.